The first-order valence-corrected chi connectivity index (χ1v) is 9.26. The first kappa shape index (κ1) is 16.1. The highest BCUT2D eigenvalue weighted by molar-refractivity contribution is 7.88. The van der Waals surface area contributed by atoms with Crippen LogP contribution in [0.2, 0.25) is 0 Å². The Morgan fingerprint density at radius 2 is 2.00 bits per heavy atom. The highest BCUT2D eigenvalue weighted by Crippen LogP contribution is 2.15. The van der Waals surface area contributed by atoms with Gasteiger partial charge in [0.25, 0.3) is 0 Å². The van der Waals surface area contributed by atoms with E-state index in [0.717, 1.165) is 11.1 Å². The van der Waals surface area contributed by atoms with Crippen LogP contribution in [0.4, 0.5) is 0 Å². The number of hydrogen-bond donors (Lipinski definition) is 2. The minimum absolute atomic E-state index is 0.135. The molecule has 0 aliphatic rings. The minimum Gasteiger partial charge on any atom is -0.389 e. The number of rotatable bonds is 6. The molecule has 0 fully saturated rings. The summed E-state index contributed by atoms with van der Waals surface area (Å²) >= 11 is 6.51. The molecule has 2 aromatic rings. The summed E-state index contributed by atoms with van der Waals surface area (Å²) in [7, 11) is -3.44. The Bertz CT molecular complexity index is 751. The number of thiophene rings is 1. The maximum atomic E-state index is 12.2. The average molecular weight is 340 g/mol. The van der Waals surface area contributed by atoms with Crippen molar-refractivity contribution in [3.63, 3.8) is 0 Å². The molecule has 0 saturated heterocycles. The normalized spacial score (nSPS) is 11.5. The molecule has 3 N–H and O–H groups in total. The van der Waals surface area contributed by atoms with Crippen LogP contribution in [0.5, 0.6) is 0 Å². The maximum absolute atomic E-state index is 12.2. The van der Waals surface area contributed by atoms with Crippen LogP contribution in [0.1, 0.15) is 22.3 Å². The summed E-state index contributed by atoms with van der Waals surface area (Å²) in [6, 6.07) is 7.02. The van der Waals surface area contributed by atoms with Gasteiger partial charge in [0, 0.05) is 12.1 Å². The van der Waals surface area contributed by atoms with E-state index in [1.807, 2.05) is 17.7 Å². The van der Waals surface area contributed by atoms with E-state index in [1.165, 1.54) is 0 Å². The lowest BCUT2D eigenvalue weighted by molar-refractivity contribution is 0.580. The highest BCUT2D eigenvalue weighted by Gasteiger charge is 2.15. The number of sulfonamides is 1. The quantitative estimate of drug-likeness (QED) is 0.792. The van der Waals surface area contributed by atoms with Crippen LogP contribution in [-0.2, 0) is 22.3 Å². The number of nitrogens with one attached hydrogen (secondary N) is 1. The van der Waals surface area contributed by atoms with Gasteiger partial charge in [-0.3, -0.25) is 0 Å². The lowest BCUT2D eigenvalue weighted by Crippen LogP contribution is -2.26. The third-order valence-corrected chi connectivity index (χ3v) is 5.48. The van der Waals surface area contributed by atoms with E-state index in [1.54, 1.807) is 35.6 Å². The van der Waals surface area contributed by atoms with Gasteiger partial charge in [-0.2, -0.15) is 11.3 Å². The van der Waals surface area contributed by atoms with Crippen molar-refractivity contribution >= 4 is 38.6 Å². The van der Waals surface area contributed by atoms with Crippen molar-refractivity contribution in [1.82, 2.24) is 4.72 Å². The van der Waals surface area contributed by atoms with Gasteiger partial charge in [-0.25, -0.2) is 13.1 Å². The predicted molar refractivity (Wildman–Crippen MR) is 90.8 cm³/mol. The second-order valence-corrected chi connectivity index (χ2v) is 7.67. The molecule has 7 heteroatoms. The molecule has 0 amide bonds. The molecule has 0 spiro atoms. The molecular weight excluding hydrogens is 324 g/mol. The standard InChI is InChI=1S/C14H16N2O2S3/c1-10-7-20-8-12(10)6-16-21(17,18)9-11-4-2-3-5-13(11)14(15)19/h2-5,7-8,16H,6,9H2,1H3,(H2,15,19). The fraction of sp³-hybridized carbons (Fsp3) is 0.214. The largest absolute Gasteiger partial charge is 0.389 e. The fourth-order valence-electron chi connectivity index (χ4n) is 1.90. The molecule has 0 radical (unpaired) electrons. The summed E-state index contributed by atoms with van der Waals surface area (Å²) in [5.41, 5.74) is 8.92. The SMILES string of the molecule is Cc1cscc1CNS(=O)(=O)Cc1ccccc1C(N)=S. The molecule has 1 aromatic heterocycles. The third kappa shape index (κ3) is 4.34. The van der Waals surface area contributed by atoms with Gasteiger partial charge in [-0.05, 0) is 34.4 Å². The maximum Gasteiger partial charge on any atom is 0.216 e. The Labute approximate surface area is 134 Å². The Hall–Kier alpha value is -1.28. The Morgan fingerprint density at radius 3 is 2.62 bits per heavy atom. The zero-order valence-electron chi connectivity index (χ0n) is 11.5. The lowest BCUT2D eigenvalue weighted by atomic mass is 10.1. The summed E-state index contributed by atoms with van der Waals surface area (Å²) in [6.07, 6.45) is 0. The number of nitrogens with two attached hydrogens (primary N) is 1. The Kier molecular flexibility index (Phi) is 5.10. The van der Waals surface area contributed by atoms with E-state index in [0.29, 0.717) is 17.7 Å². The molecule has 4 nitrogen and oxygen atoms in total. The number of hydrogen-bond acceptors (Lipinski definition) is 4. The van der Waals surface area contributed by atoms with Crippen LogP contribution in [0.3, 0.4) is 0 Å². The molecule has 1 heterocycles. The predicted octanol–water partition coefficient (Wildman–Crippen LogP) is 2.31. The summed E-state index contributed by atoms with van der Waals surface area (Å²) < 4.78 is 27.0. The first-order chi connectivity index (χ1) is 9.89. The van der Waals surface area contributed by atoms with Crippen molar-refractivity contribution in [2.75, 3.05) is 0 Å². The number of thiocarbonyl (C=S) groups is 1. The second-order valence-electron chi connectivity index (χ2n) is 4.68. The minimum atomic E-state index is -3.44. The molecular formula is C14H16N2O2S3. The smallest absolute Gasteiger partial charge is 0.216 e. The molecule has 2 rings (SSSR count). The van der Waals surface area contributed by atoms with Crippen molar-refractivity contribution in [1.29, 1.82) is 0 Å². The molecule has 112 valence electrons. The number of aryl methyl sites for hydroxylation is 1. The van der Waals surface area contributed by atoms with Gasteiger partial charge < -0.3 is 5.73 Å². The topological polar surface area (TPSA) is 72.2 Å². The Morgan fingerprint density at radius 1 is 1.29 bits per heavy atom. The van der Waals surface area contributed by atoms with Crippen LogP contribution in [0, 0.1) is 6.92 Å². The monoisotopic (exact) mass is 340 g/mol. The fourth-order valence-corrected chi connectivity index (χ4v) is 4.09. The molecule has 0 aliphatic heterocycles. The molecule has 0 atom stereocenters. The van der Waals surface area contributed by atoms with Gasteiger partial charge >= 0.3 is 0 Å². The van der Waals surface area contributed by atoms with Crippen LogP contribution in [0.25, 0.3) is 0 Å². The van der Waals surface area contributed by atoms with E-state index in [9.17, 15) is 8.42 Å². The molecule has 0 unspecified atom stereocenters. The van der Waals surface area contributed by atoms with Crippen LogP contribution < -0.4 is 10.5 Å². The van der Waals surface area contributed by atoms with Gasteiger partial charge in [0.15, 0.2) is 0 Å². The van der Waals surface area contributed by atoms with E-state index in [2.05, 4.69) is 4.72 Å². The van der Waals surface area contributed by atoms with Gasteiger partial charge in [0.05, 0.1) is 5.75 Å². The van der Waals surface area contributed by atoms with E-state index in [-0.39, 0.29) is 10.7 Å². The second kappa shape index (κ2) is 6.65. The first-order valence-electron chi connectivity index (χ1n) is 6.26. The molecule has 21 heavy (non-hydrogen) atoms. The van der Waals surface area contributed by atoms with E-state index < -0.39 is 10.0 Å². The van der Waals surface area contributed by atoms with Crippen molar-refractivity contribution in [3.8, 4) is 0 Å². The van der Waals surface area contributed by atoms with Crippen LogP contribution in [-0.4, -0.2) is 13.4 Å². The summed E-state index contributed by atoms with van der Waals surface area (Å²) in [6.45, 7) is 2.26. The average Bonchev–Trinajstić information content (AvgIpc) is 2.82. The summed E-state index contributed by atoms with van der Waals surface area (Å²) in [4.78, 5) is 0.203. The van der Waals surface area contributed by atoms with Crippen LogP contribution in [0.15, 0.2) is 35.0 Å². The van der Waals surface area contributed by atoms with Crippen molar-refractivity contribution in [2.24, 2.45) is 5.73 Å². The third-order valence-electron chi connectivity index (χ3n) is 3.07. The highest BCUT2D eigenvalue weighted by atomic mass is 32.2. The summed E-state index contributed by atoms with van der Waals surface area (Å²) in [5, 5.41) is 3.94. The zero-order chi connectivity index (χ0) is 15.5. The number of benzene rings is 1. The van der Waals surface area contributed by atoms with Gasteiger partial charge in [0.1, 0.15) is 4.99 Å². The molecule has 0 bridgehead atoms. The van der Waals surface area contributed by atoms with Crippen molar-refractivity contribution in [2.45, 2.75) is 19.2 Å². The molecule has 1 aromatic carbocycles. The van der Waals surface area contributed by atoms with Gasteiger partial charge in [-0.1, -0.05) is 36.5 Å². The molecule has 0 saturated carbocycles. The van der Waals surface area contributed by atoms with Crippen molar-refractivity contribution in [3.05, 3.63) is 57.3 Å². The van der Waals surface area contributed by atoms with Gasteiger partial charge in [0.2, 0.25) is 10.0 Å². The van der Waals surface area contributed by atoms with Crippen molar-refractivity contribution < 1.29 is 8.42 Å². The van der Waals surface area contributed by atoms with E-state index >= 15 is 0 Å². The zero-order valence-corrected chi connectivity index (χ0v) is 13.9. The Balaban J connectivity index is 2.11. The van der Waals surface area contributed by atoms with Crippen LogP contribution >= 0.6 is 23.6 Å². The summed E-state index contributed by atoms with van der Waals surface area (Å²) in [5.74, 6) is -0.135. The van der Waals surface area contributed by atoms with E-state index in [4.69, 9.17) is 18.0 Å². The van der Waals surface area contributed by atoms with Gasteiger partial charge in [-0.15, -0.1) is 0 Å². The lowest BCUT2D eigenvalue weighted by Gasteiger charge is -2.10. The molecule has 0 aliphatic carbocycles.